The van der Waals surface area contributed by atoms with Gasteiger partial charge in [0.1, 0.15) is 34.9 Å². The van der Waals surface area contributed by atoms with Crippen LogP contribution in [0.4, 0.5) is 0 Å². The summed E-state index contributed by atoms with van der Waals surface area (Å²) in [5.74, 6) is 1.04. The van der Waals surface area contributed by atoms with E-state index in [-0.39, 0.29) is 62.8 Å². The first kappa shape index (κ1) is 29.5. The first-order chi connectivity index (χ1) is 12.7. The minimum Gasteiger partial charge on any atom is -0.714 e. The van der Waals surface area contributed by atoms with Crippen molar-refractivity contribution in [2.24, 2.45) is 5.16 Å². The Balaban J connectivity index is 0.00000729. The van der Waals surface area contributed by atoms with E-state index in [1.165, 1.54) is 0 Å². The summed E-state index contributed by atoms with van der Waals surface area (Å²) >= 11 is 2.52. The largest absolute Gasteiger partial charge is 1.00 e. The van der Waals surface area contributed by atoms with Crippen LogP contribution in [0.3, 0.4) is 0 Å². The van der Waals surface area contributed by atoms with Gasteiger partial charge in [-0.2, -0.15) is 20.2 Å². The minimum absolute atomic E-state index is 0. The molecule has 1 rings (SSSR count). The summed E-state index contributed by atoms with van der Waals surface area (Å²) in [5, 5.41) is 42.3. The van der Waals surface area contributed by atoms with Crippen molar-refractivity contribution in [1.82, 2.24) is 0 Å². The van der Waals surface area contributed by atoms with Gasteiger partial charge in [0.15, 0.2) is 0 Å². The normalized spacial score (nSPS) is 28.6. The van der Waals surface area contributed by atoms with Gasteiger partial charge < -0.3 is 29.7 Å². The molecule has 0 radical (unpaired) electrons. The Morgan fingerprint density at radius 2 is 1.79 bits per heavy atom. The average molecular weight is 488 g/mol. The molecule has 0 aliphatic carbocycles. The molecule has 0 bridgehead atoms. The Morgan fingerprint density at radius 1 is 1.14 bits per heavy atom. The molecule has 0 saturated carbocycles. The van der Waals surface area contributed by atoms with Crippen molar-refractivity contribution in [1.29, 1.82) is 0 Å². The summed E-state index contributed by atoms with van der Waals surface area (Å²) in [6, 6.07) is 0. The molecule has 1 saturated heterocycles. The van der Waals surface area contributed by atoms with Crippen LogP contribution in [0.2, 0.25) is 0 Å². The molecule has 160 valence electrons. The summed E-state index contributed by atoms with van der Waals surface area (Å²) in [7, 11) is -5.04. The summed E-state index contributed by atoms with van der Waals surface area (Å²) in [5.41, 5.74) is -1.13. The maximum atomic E-state index is 10.7. The van der Waals surface area contributed by atoms with Crippen molar-refractivity contribution in [2.75, 3.05) is 18.6 Å². The molecule has 1 aliphatic rings. The zero-order valence-electron chi connectivity index (χ0n) is 15.8. The smallest absolute Gasteiger partial charge is 0.714 e. The summed E-state index contributed by atoms with van der Waals surface area (Å²) in [6.45, 7) is -0.588. The van der Waals surface area contributed by atoms with Crippen molar-refractivity contribution in [3.05, 3.63) is 0 Å². The van der Waals surface area contributed by atoms with E-state index in [1.807, 2.05) is 6.26 Å². The number of hydrogen-bond acceptors (Lipinski definition) is 12. The van der Waals surface area contributed by atoms with E-state index in [4.69, 9.17) is 4.74 Å². The molecular formula is C14H26KNO9S3. The molecule has 1 heterocycles. The van der Waals surface area contributed by atoms with Crippen molar-refractivity contribution in [3.8, 4) is 0 Å². The fourth-order valence-electron chi connectivity index (χ4n) is 2.39. The Labute approximate surface area is 216 Å². The second-order valence-corrected chi connectivity index (χ2v) is 9.06. The van der Waals surface area contributed by atoms with Gasteiger partial charge in [0.05, 0.1) is 6.61 Å². The number of ether oxygens (including phenoxy) is 1. The fourth-order valence-corrected chi connectivity index (χ4v) is 4.22. The predicted octanol–water partition coefficient (Wildman–Crippen LogP) is -3.37. The van der Waals surface area contributed by atoms with E-state index < -0.39 is 46.9 Å². The Kier molecular flexibility index (Phi) is 16.2. The zero-order chi connectivity index (χ0) is 20.4. The third-order valence-electron chi connectivity index (χ3n) is 3.82. The predicted molar refractivity (Wildman–Crippen MR) is 101 cm³/mol. The monoisotopic (exact) mass is 487 g/mol. The molecule has 28 heavy (non-hydrogen) atoms. The average Bonchev–Trinajstić information content (AvgIpc) is 2.61. The molecule has 0 aromatic heterocycles. The number of hydrogen-bond donors (Lipinski definition) is 4. The van der Waals surface area contributed by atoms with E-state index in [0.717, 1.165) is 36.8 Å². The first-order valence-electron chi connectivity index (χ1n) is 8.37. The van der Waals surface area contributed by atoms with Gasteiger partial charge in [-0.25, -0.2) is 0 Å². The van der Waals surface area contributed by atoms with Crippen molar-refractivity contribution in [3.63, 3.8) is 0 Å². The quantitative estimate of drug-likeness (QED) is 0.0436. The van der Waals surface area contributed by atoms with Crippen molar-refractivity contribution in [2.45, 2.75) is 62.0 Å². The Hall–Kier alpha value is 1.52. The standard InChI is InChI=1S/C14H27NO9S3.K/c1-25-7-5-3-2-4-6-10(15-24-27(20,21)22)26-14-13(19)12(18)11(17)9(8-16)23-14;/h9,11-14,16-19H,2-8H2,1H3,(H,20,21,22);/q;+1/p-1/b15-10-;/t9-,11-,12+,13-,14+;/m1./s1. The zero-order valence-corrected chi connectivity index (χ0v) is 21.4. The van der Waals surface area contributed by atoms with Crippen LogP contribution in [-0.2, 0) is 19.4 Å². The third-order valence-corrected chi connectivity index (χ3v) is 5.95. The van der Waals surface area contributed by atoms with E-state index in [9.17, 15) is 33.4 Å². The van der Waals surface area contributed by atoms with Crippen LogP contribution in [0, 0.1) is 0 Å². The van der Waals surface area contributed by atoms with Gasteiger partial charge in [-0.05, 0) is 31.3 Å². The first-order valence-corrected chi connectivity index (χ1v) is 12.0. The molecule has 1 aliphatic heterocycles. The molecule has 0 aromatic rings. The van der Waals surface area contributed by atoms with Gasteiger partial charge in [0.25, 0.3) is 10.4 Å². The topological polar surface area (TPSA) is 169 Å². The van der Waals surface area contributed by atoms with Crippen LogP contribution in [0.1, 0.15) is 32.1 Å². The van der Waals surface area contributed by atoms with Gasteiger partial charge in [-0.15, -0.1) is 0 Å². The van der Waals surface area contributed by atoms with Crippen molar-refractivity contribution >= 4 is 39.0 Å². The third kappa shape index (κ3) is 11.2. The molecule has 0 amide bonds. The van der Waals surface area contributed by atoms with Gasteiger partial charge in [0, 0.05) is 0 Å². The minimum atomic E-state index is -5.04. The number of thioether (sulfide) groups is 2. The molecule has 14 heteroatoms. The van der Waals surface area contributed by atoms with E-state index >= 15 is 0 Å². The number of aliphatic hydroxyl groups is 4. The van der Waals surface area contributed by atoms with E-state index in [2.05, 4.69) is 9.44 Å². The fraction of sp³-hybridized carbons (Fsp3) is 0.929. The molecule has 1 fully saturated rings. The number of oxime groups is 1. The number of nitrogens with zero attached hydrogens (tertiary/aromatic N) is 1. The summed E-state index contributed by atoms with van der Waals surface area (Å²) in [6.07, 6.45) is 0.109. The maximum absolute atomic E-state index is 10.7. The van der Waals surface area contributed by atoms with Crippen molar-refractivity contribution < 1.29 is 93.8 Å². The van der Waals surface area contributed by atoms with Crippen LogP contribution in [0.15, 0.2) is 5.16 Å². The SMILES string of the molecule is CSCCCCCC/C(=N/OS(=O)(=O)[O-])S[C@@H]1O[C@H](CO)[C@@H](O)[C@H](O)[C@H]1O.[K+]. The van der Waals surface area contributed by atoms with E-state index in [0.29, 0.717) is 6.42 Å². The van der Waals surface area contributed by atoms with Gasteiger partial charge >= 0.3 is 51.4 Å². The number of unbranched alkanes of at least 4 members (excludes halogenated alkanes) is 3. The van der Waals surface area contributed by atoms with Crippen LogP contribution in [0.25, 0.3) is 0 Å². The second-order valence-electron chi connectivity index (χ2n) is 5.94. The second kappa shape index (κ2) is 15.3. The maximum Gasteiger partial charge on any atom is 1.00 e. The van der Waals surface area contributed by atoms with Crippen LogP contribution < -0.4 is 51.4 Å². The molecule has 5 atom stereocenters. The molecule has 0 unspecified atom stereocenters. The molecular weight excluding hydrogens is 461 g/mol. The van der Waals surface area contributed by atoms with Crippen LogP contribution in [0.5, 0.6) is 0 Å². The molecule has 4 N–H and O–H groups in total. The summed E-state index contributed by atoms with van der Waals surface area (Å²) < 4.78 is 41.2. The Bertz CT molecular complexity index is 564. The number of rotatable bonds is 11. The Morgan fingerprint density at radius 3 is 2.36 bits per heavy atom. The number of aliphatic hydroxyl groups excluding tert-OH is 4. The molecule has 10 nitrogen and oxygen atoms in total. The van der Waals surface area contributed by atoms with Gasteiger partial charge in [-0.1, -0.05) is 29.8 Å². The van der Waals surface area contributed by atoms with E-state index in [1.54, 1.807) is 11.8 Å². The molecule has 0 aromatic carbocycles. The van der Waals surface area contributed by atoms with Gasteiger partial charge in [-0.3, -0.25) is 4.28 Å². The van der Waals surface area contributed by atoms with Gasteiger partial charge in [0.2, 0.25) is 0 Å². The van der Waals surface area contributed by atoms with Crippen LogP contribution >= 0.6 is 23.5 Å². The van der Waals surface area contributed by atoms with Crippen LogP contribution in [-0.4, -0.2) is 86.9 Å². The summed E-state index contributed by atoms with van der Waals surface area (Å²) in [4.78, 5) is 0. The molecule has 0 spiro atoms.